The summed E-state index contributed by atoms with van der Waals surface area (Å²) >= 11 is 5.93. The van der Waals surface area contributed by atoms with Crippen LogP contribution < -0.4 is 5.32 Å². The summed E-state index contributed by atoms with van der Waals surface area (Å²) in [6.07, 6.45) is 7.26. The van der Waals surface area contributed by atoms with Crippen LogP contribution in [-0.2, 0) is 6.54 Å². The van der Waals surface area contributed by atoms with E-state index in [0.29, 0.717) is 5.15 Å². The first kappa shape index (κ1) is 19.5. The number of aliphatic hydroxyl groups is 1. The Balaban J connectivity index is 0.00000121. The van der Waals surface area contributed by atoms with Crippen molar-refractivity contribution in [2.45, 2.75) is 44.4 Å². The van der Waals surface area contributed by atoms with E-state index in [1.807, 2.05) is 12.4 Å². The van der Waals surface area contributed by atoms with Gasteiger partial charge in [-0.05, 0) is 32.2 Å². The second-order valence-corrected chi connectivity index (χ2v) is 5.73. The number of piperidine rings is 1. The number of aromatic nitrogens is 3. The van der Waals surface area contributed by atoms with E-state index >= 15 is 0 Å². The number of nitrogens with zero attached hydrogens (tertiary/aromatic N) is 3. The topological polar surface area (TPSA) is 63.0 Å². The molecule has 2 aromatic rings. The monoisotopic (exact) mass is 366 g/mol. The Kier molecular flexibility index (Phi) is 7.86. The van der Waals surface area contributed by atoms with Crippen LogP contribution in [0.15, 0.2) is 18.6 Å². The highest BCUT2D eigenvalue weighted by Gasteiger charge is 2.21. The largest absolute Gasteiger partial charge is 0.392 e. The number of pyridine rings is 1. The molecule has 0 radical (unpaired) electrons. The average molecular weight is 368 g/mol. The van der Waals surface area contributed by atoms with E-state index in [-0.39, 0.29) is 37.0 Å². The summed E-state index contributed by atoms with van der Waals surface area (Å²) in [4.78, 5) is 8.35. The van der Waals surface area contributed by atoms with Crippen molar-refractivity contribution in [3.8, 4) is 0 Å². The molecule has 3 heterocycles. The van der Waals surface area contributed by atoms with Crippen molar-refractivity contribution >= 4 is 47.4 Å². The van der Waals surface area contributed by atoms with E-state index in [1.54, 1.807) is 6.20 Å². The van der Waals surface area contributed by atoms with Crippen molar-refractivity contribution in [3.63, 3.8) is 0 Å². The van der Waals surface area contributed by atoms with Gasteiger partial charge in [0.1, 0.15) is 10.7 Å². The summed E-state index contributed by atoms with van der Waals surface area (Å²) in [6, 6.07) is 2.07. The molecule has 0 saturated carbocycles. The van der Waals surface area contributed by atoms with E-state index in [2.05, 4.69) is 19.9 Å². The van der Waals surface area contributed by atoms with Crippen molar-refractivity contribution in [2.75, 3.05) is 6.54 Å². The number of fused-ring (bicyclic) bond motifs is 1. The normalized spacial score (nSPS) is 21.2. The molecule has 2 N–H and O–H groups in total. The average Bonchev–Trinajstić information content (AvgIpc) is 2.83. The molecule has 1 aliphatic heterocycles. The van der Waals surface area contributed by atoms with Gasteiger partial charge in [0, 0.05) is 18.7 Å². The molecule has 0 amide bonds. The van der Waals surface area contributed by atoms with Crippen molar-refractivity contribution in [1.82, 2.24) is 19.9 Å². The van der Waals surface area contributed by atoms with Crippen molar-refractivity contribution in [2.24, 2.45) is 0 Å². The zero-order valence-corrected chi connectivity index (χ0v) is 14.5. The fourth-order valence-corrected chi connectivity index (χ4v) is 2.98. The number of hydrogen-bond acceptors (Lipinski definition) is 4. The molecular weight excluding hydrogens is 347 g/mol. The molecule has 124 valence electrons. The molecule has 0 spiro atoms. The van der Waals surface area contributed by atoms with Gasteiger partial charge in [0.25, 0.3) is 0 Å². The van der Waals surface area contributed by atoms with Crippen LogP contribution in [0, 0.1) is 0 Å². The Morgan fingerprint density at radius 3 is 2.95 bits per heavy atom. The van der Waals surface area contributed by atoms with Crippen LogP contribution in [0.3, 0.4) is 0 Å². The van der Waals surface area contributed by atoms with Crippen molar-refractivity contribution < 1.29 is 5.11 Å². The summed E-state index contributed by atoms with van der Waals surface area (Å²) in [5, 5.41) is 13.8. The number of hydrogen-bond donors (Lipinski definition) is 2. The van der Waals surface area contributed by atoms with Crippen molar-refractivity contribution in [1.29, 1.82) is 0 Å². The zero-order chi connectivity index (χ0) is 13.9. The minimum Gasteiger partial charge on any atom is -0.392 e. The molecule has 0 bridgehead atoms. The Labute approximate surface area is 147 Å². The molecule has 0 aliphatic carbocycles. The SMILES string of the molecule is Cl.Cl.O[C@H]1CCCN[C@@H]1CCCn1cnc2cnc(Cl)cc21. The van der Waals surface area contributed by atoms with Gasteiger partial charge in [-0.1, -0.05) is 11.6 Å². The van der Waals surface area contributed by atoms with Gasteiger partial charge >= 0.3 is 0 Å². The molecule has 22 heavy (non-hydrogen) atoms. The van der Waals surface area contributed by atoms with Crippen LogP contribution in [0.5, 0.6) is 0 Å². The van der Waals surface area contributed by atoms with Crippen LogP contribution in [0.4, 0.5) is 0 Å². The molecule has 1 aliphatic rings. The maximum atomic E-state index is 9.93. The number of aryl methyl sites for hydroxylation is 1. The van der Waals surface area contributed by atoms with Gasteiger partial charge in [-0.3, -0.25) is 0 Å². The standard InChI is InChI=1S/C14H19ClN4O.2ClH/c15-14-7-12-11(8-17-14)18-9-19(12)6-2-3-10-13(20)4-1-5-16-10;;/h7-10,13,16,20H,1-6H2;2*1H/t10-,13+;;/m1../s1. The number of halogens is 3. The van der Waals surface area contributed by atoms with E-state index < -0.39 is 0 Å². The van der Waals surface area contributed by atoms with Crippen LogP contribution in [0.25, 0.3) is 11.0 Å². The molecule has 0 unspecified atom stereocenters. The van der Waals surface area contributed by atoms with Gasteiger partial charge in [-0.2, -0.15) is 0 Å². The first-order valence-electron chi connectivity index (χ1n) is 7.12. The lowest BCUT2D eigenvalue weighted by molar-refractivity contribution is 0.0909. The highest BCUT2D eigenvalue weighted by molar-refractivity contribution is 6.29. The smallest absolute Gasteiger partial charge is 0.131 e. The quantitative estimate of drug-likeness (QED) is 0.816. The van der Waals surface area contributed by atoms with E-state index in [9.17, 15) is 5.11 Å². The van der Waals surface area contributed by atoms with Crippen LogP contribution >= 0.6 is 36.4 Å². The van der Waals surface area contributed by atoms with Crippen LogP contribution in [0.2, 0.25) is 5.15 Å². The lowest BCUT2D eigenvalue weighted by Crippen LogP contribution is -2.44. The predicted molar refractivity (Wildman–Crippen MR) is 93.3 cm³/mol. The predicted octanol–water partition coefficient (Wildman–Crippen LogP) is 2.82. The lowest BCUT2D eigenvalue weighted by Gasteiger charge is -2.29. The minimum absolute atomic E-state index is 0. The van der Waals surface area contributed by atoms with Gasteiger partial charge < -0.3 is 15.0 Å². The molecule has 0 aromatic carbocycles. The first-order valence-corrected chi connectivity index (χ1v) is 7.49. The van der Waals surface area contributed by atoms with E-state index in [1.165, 1.54) is 0 Å². The van der Waals surface area contributed by atoms with E-state index in [4.69, 9.17) is 11.6 Å². The fourth-order valence-electron chi connectivity index (χ4n) is 2.83. The zero-order valence-electron chi connectivity index (χ0n) is 12.1. The van der Waals surface area contributed by atoms with Gasteiger partial charge in [0.05, 0.1) is 24.1 Å². The first-order chi connectivity index (χ1) is 9.74. The van der Waals surface area contributed by atoms with Crippen molar-refractivity contribution in [3.05, 3.63) is 23.7 Å². The van der Waals surface area contributed by atoms with Gasteiger partial charge in [0.2, 0.25) is 0 Å². The second kappa shape index (κ2) is 8.89. The van der Waals surface area contributed by atoms with Gasteiger partial charge in [0.15, 0.2) is 0 Å². The lowest BCUT2D eigenvalue weighted by atomic mass is 9.97. The van der Waals surface area contributed by atoms with Crippen LogP contribution in [0.1, 0.15) is 25.7 Å². The molecule has 1 fully saturated rings. The molecule has 5 nitrogen and oxygen atoms in total. The molecule has 2 atom stereocenters. The summed E-state index contributed by atoms with van der Waals surface area (Å²) in [5.74, 6) is 0. The number of rotatable bonds is 4. The summed E-state index contributed by atoms with van der Waals surface area (Å²) in [5.41, 5.74) is 1.88. The summed E-state index contributed by atoms with van der Waals surface area (Å²) < 4.78 is 2.10. The molecular formula is C14H21Cl3N4O. The molecule has 3 rings (SSSR count). The number of imidazole rings is 1. The second-order valence-electron chi connectivity index (χ2n) is 5.35. The molecule has 1 saturated heterocycles. The van der Waals surface area contributed by atoms with Crippen LogP contribution in [-0.4, -0.2) is 38.3 Å². The Hall–Kier alpha value is -0.590. The third-order valence-electron chi connectivity index (χ3n) is 3.94. The number of aliphatic hydroxyl groups excluding tert-OH is 1. The minimum atomic E-state index is -0.207. The fraction of sp³-hybridized carbons (Fsp3) is 0.571. The highest BCUT2D eigenvalue weighted by atomic mass is 35.5. The number of nitrogens with one attached hydrogen (secondary N) is 1. The summed E-state index contributed by atoms with van der Waals surface area (Å²) in [6.45, 7) is 1.89. The van der Waals surface area contributed by atoms with Gasteiger partial charge in [-0.15, -0.1) is 24.8 Å². The Bertz CT molecular complexity index is 592. The third kappa shape index (κ3) is 4.46. The maximum absolute atomic E-state index is 9.93. The Morgan fingerprint density at radius 1 is 1.36 bits per heavy atom. The molecule has 8 heteroatoms. The van der Waals surface area contributed by atoms with Gasteiger partial charge in [-0.25, -0.2) is 9.97 Å². The maximum Gasteiger partial charge on any atom is 0.131 e. The Morgan fingerprint density at radius 2 is 2.18 bits per heavy atom. The third-order valence-corrected chi connectivity index (χ3v) is 4.14. The molecule has 2 aromatic heterocycles. The highest BCUT2D eigenvalue weighted by Crippen LogP contribution is 2.18. The summed E-state index contributed by atoms with van der Waals surface area (Å²) in [7, 11) is 0. The van der Waals surface area contributed by atoms with E-state index in [0.717, 1.165) is 49.8 Å².